The molecule has 0 aliphatic carbocycles. The minimum Gasteiger partial charge on any atom is -0.390 e. The van der Waals surface area contributed by atoms with E-state index in [0.29, 0.717) is 0 Å². The zero-order valence-electron chi connectivity index (χ0n) is 9.99. The summed E-state index contributed by atoms with van der Waals surface area (Å²) in [7, 11) is 0. The van der Waals surface area contributed by atoms with Crippen LogP contribution in [0.1, 0.15) is 6.92 Å². The zero-order chi connectivity index (χ0) is 14.4. The van der Waals surface area contributed by atoms with Crippen molar-refractivity contribution in [2.45, 2.75) is 37.5 Å². The van der Waals surface area contributed by atoms with Crippen molar-refractivity contribution in [3.63, 3.8) is 0 Å². The molecule has 104 valence electrons. The summed E-state index contributed by atoms with van der Waals surface area (Å²) in [5.74, 6) is -0.486. The Balaban J connectivity index is 2.93. The molecule has 5 atom stereocenters. The van der Waals surface area contributed by atoms with Crippen molar-refractivity contribution in [1.82, 2.24) is 5.32 Å². The van der Waals surface area contributed by atoms with E-state index in [2.05, 4.69) is 25.4 Å². The molecule has 1 heterocycles. The minimum atomic E-state index is -1.50. The van der Waals surface area contributed by atoms with Crippen LogP contribution in [0.25, 0.3) is 20.9 Å². The van der Waals surface area contributed by atoms with Crippen LogP contribution in [0.15, 0.2) is 10.2 Å². The van der Waals surface area contributed by atoms with Gasteiger partial charge in [0.1, 0.15) is 6.04 Å². The van der Waals surface area contributed by atoms with Crippen LogP contribution >= 0.6 is 0 Å². The van der Waals surface area contributed by atoms with E-state index in [1.807, 2.05) is 0 Å². The van der Waals surface area contributed by atoms with Crippen molar-refractivity contribution in [3.8, 4) is 0 Å². The number of hydrogen-bond acceptors (Lipinski definition) is 6. The molecule has 0 aromatic carbocycles. The summed E-state index contributed by atoms with van der Waals surface area (Å²) in [5.41, 5.74) is 16.7. The second kappa shape index (κ2) is 6.78. The van der Waals surface area contributed by atoms with Crippen LogP contribution in [-0.2, 0) is 9.53 Å². The lowest BCUT2D eigenvalue weighted by atomic mass is 9.95. The van der Waals surface area contributed by atoms with Crippen molar-refractivity contribution in [3.05, 3.63) is 20.9 Å². The van der Waals surface area contributed by atoms with Crippen molar-refractivity contribution in [2.24, 2.45) is 10.2 Å². The fraction of sp³-hybridized carbons (Fsp3) is 0.875. The summed E-state index contributed by atoms with van der Waals surface area (Å²) in [5, 5.41) is 28.6. The predicted octanol–water partition coefficient (Wildman–Crippen LogP) is -0.442. The Morgan fingerprint density at radius 2 is 2.11 bits per heavy atom. The van der Waals surface area contributed by atoms with Crippen molar-refractivity contribution in [1.29, 1.82) is 0 Å². The van der Waals surface area contributed by atoms with Gasteiger partial charge >= 0.3 is 0 Å². The first-order chi connectivity index (χ1) is 9.01. The van der Waals surface area contributed by atoms with Gasteiger partial charge in [-0.15, -0.1) is 0 Å². The molecule has 1 fully saturated rings. The van der Waals surface area contributed by atoms with E-state index in [0.717, 1.165) is 0 Å². The summed E-state index contributed by atoms with van der Waals surface area (Å²) < 4.78 is 5.09. The molecule has 1 aliphatic rings. The number of nitrogens with zero attached hydrogens (tertiary/aromatic N) is 6. The van der Waals surface area contributed by atoms with Crippen molar-refractivity contribution in [2.75, 3.05) is 6.54 Å². The minimum absolute atomic E-state index is 0.221. The van der Waals surface area contributed by atoms with E-state index in [1.54, 1.807) is 0 Å². The summed E-state index contributed by atoms with van der Waals surface area (Å²) in [4.78, 5) is 16.0. The normalized spacial score (nSPS) is 33.7. The van der Waals surface area contributed by atoms with Gasteiger partial charge in [-0.25, -0.2) is 0 Å². The number of carbonyl (C=O) groups excluding carboxylic acids is 1. The fourth-order valence-corrected chi connectivity index (χ4v) is 1.81. The van der Waals surface area contributed by atoms with Gasteiger partial charge in [0.05, 0.1) is 24.8 Å². The molecule has 0 bridgehead atoms. The molecule has 0 aromatic rings. The Morgan fingerprint density at radius 3 is 2.63 bits per heavy atom. The summed E-state index contributed by atoms with van der Waals surface area (Å²) in [6.07, 6.45) is -3.83. The summed E-state index contributed by atoms with van der Waals surface area (Å²) in [6.45, 7) is 0.981. The quantitative estimate of drug-likeness (QED) is 0.356. The maximum absolute atomic E-state index is 11.0. The summed E-state index contributed by atoms with van der Waals surface area (Å²) in [6, 6.07) is -2.22. The number of hydrogen-bond donors (Lipinski definition) is 3. The number of ether oxygens (including phenoxy) is 1. The first-order valence-corrected chi connectivity index (χ1v) is 5.35. The van der Waals surface area contributed by atoms with Gasteiger partial charge < -0.3 is 20.3 Å². The highest BCUT2D eigenvalue weighted by molar-refractivity contribution is 5.73. The molecule has 0 radical (unpaired) electrons. The number of carbonyl (C=O) groups is 1. The fourth-order valence-electron chi connectivity index (χ4n) is 1.81. The lowest BCUT2D eigenvalue weighted by Gasteiger charge is -2.40. The maximum atomic E-state index is 11.0. The Kier molecular flexibility index (Phi) is 5.37. The first-order valence-electron chi connectivity index (χ1n) is 5.35. The molecule has 0 saturated carbocycles. The average molecular weight is 271 g/mol. The molecule has 1 aliphatic heterocycles. The molecule has 0 spiro atoms. The summed E-state index contributed by atoms with van der Waals surface area (Å²) >= 11 is 0. The van der Waals surface area contributed by atoms with Crippen molar-refractivity contribution >= 4 is 5.91 Å². The highest BCUT2D eigenvalue weighted by Crippen LogP contribution is 2.23. The van der Waals surface area contributed by atoms with E-state index < -0.39 is 36.5 Å². The number of nitrogens with one attached hydrogen (secondary N) is 1. The van der Waals surface area contributed by atoms with Crippen LogP contribution in [0.5, 0.6) is 0 Å². The average Bonchev–Trinajstić information content (AvgIpc) is 2.35. The molecule has 19 heavy (non-hydrogen) atoms. The second-order valence-corrected chi connectivity index (χ2v) is 3.89. The van der Waals surface area contributed by atoms with Gasteiger partial charge in [0.25, 0.3) is 0 Å². The van der Waals surface area contributed by atoms with E-state index in [9.17, 15) is 15.0 Å². The van der Waals surface area contributed by atoms with Crippen LogP contribution in [0.2, 0.25) is 0 Å². The number of aliphatic hydroxyl groups excluding tert-OH is 2. The molecule has 1 saturated heterocycles. The Morgan fingerprint density at radius 1 is 1.42 bits per heavy atom. The van der Waals surface area contributed by atoms with Gasteiger partial charge in [0.15, 0.2) is 6.29 Å². The Labute approximate surface area is 107 Å². The third-order valence-electron chi connectivity index (χ3n) is 2.60. The lowest BCUT2D eigenvalue weighted by Crippen LogP contribution is -2.63. The van der Waals surface area contributed by atoms with Gasteiger partial charge in [-0.05, 0) is 11.1 Å². The number of azide groups is 2. The van der Waals surface area contributed by atoms with Crippen LogP contribution < -0.4 is 5.32 Å². The van der Waals surface area contributed by atoms with E-state index in [4.69, 9.17) is 15.8 Å². The highest BCUT2D eigenvalue weighted by Gasteiger charge is 2.44. The number of rotatable bonds is 4. The van der Waals surface area contributed by atoms with Crippen LogP contribution in [0.3, 0.4) is 0 Å². The third-order valence-corrected chi connectivity index (χ3v) is 2.60. The molecular weight excluding hydrogens is 258 g/mol. The molecule has 1 amide bonds. The number of amides is 1. The van der Waals surface area contributed by atoms with Gasteiger partial charge in [-0.1, -0.05) is 10.2 Å². The Bertz CT molecular complexity index is 431. The Hall–Kier alpha value is -2.03. The molecule has 3 unspecified atom stereocenters. The molecular formula is C8H13N7O4. The molecule has 1 rings (SSSR count). The lowest BCUT2D eigenvalue weighted by molar-refractivity contribution is -0.211. The standard InChI is InChI=1S/C8H13N7O4/c1-3(16)12-6-7(17)5(13-15-10)4(2-11-14-9)19-8(6)18/h4-8,17-18H,2H2,1H3,(H,12,16)/t4?,5-,6?,7+,8?/m1/s1. The van der Waals surface area contributed by atoms with Gasteiger partial charge in [0, 0.05) is 16.7 Å². The van der Waals surface area contributed by atoms with E-state index >= 15 is 0 Å². The van der Waals surface area contributed by atoms with Gasteiger partial charge in [-0.3, -0.25) is 4.79 Å². The van der Waals surface area contributed by atoms with E-state index in [1.165, 1.54) is 6.92 Å². The first kappa shape index (κ1) is 15.0. The van der Waals surface area contributed by atoms with Crippen LogP contribution in [0, 0.1) is 0 Å². The molecule has 3 N–H and O–H groups in total. The smallest absolute Gasteiger partial charge is 0.217 e. The van der Waals surface area contributed by atoms with Crippen molar-refractivity contribution < 1.29 is 19.7 Å². The maximum Gasteiger partial charge on any atom is 0.217 e. The SMILES string of the molecule is CC(=O)NC1C(O)OC(CN=[N+]=[N-])[C@@H](N=[N+]=[N-])[C@@H]1O. The molecule has 11 heteroatoms. The largest absolute Gasteiger partial charge is 0.390 e. The monoisotopic (exact) mass is 271 g/mol. The van der Waals surface area contributed by atoms with Gasteiger partial charge in [-0.2, -0.15) is 0 Å². The van der Waals surface area contributed by atoms with Crippen LogP contribution in [0.4, 0.5) is 0 Å². The van der Waals surface area contributed by atoms with Gasteiger partial charge in [0.2, 0.25) is 5.91 Å². The molecule has 0 aromatic heterocycles. The second-order valence-electron chi connectivity index (χ2n) is 3.89. The predicted molar refractivity (Wildman–Crippen MR) is 61.4 cm³/mol. The van der Waals surface area contributed by atoms with Crippen LogP contribution in [-0.4, -0.2) is 53.2 Å². The highest BCUT2D eigenvalue weighted by atomic mass is 16.6. The third kappa shape index (κ3) is 3.71. The molecule has 11 nitrogen and oxygen atoms in total. The number of aliphatic hydroxyl groups is 2. The van der Waals surface area contributed by atoms with E-state index in [-0.39, 0.29) is 6.54 Å². The zero-order valence-corrected chi connectivity index (χ0v) is 9.99. The topological polar surface area (TPSA) is 176 Å².